The van der Waals surface area contributed by atoms with Crippen molar-refractivity contribution in [1.29, 1.82) is 0 Å². The predicted molar refractivity (Wildman–Crippen MR) is 101 cm³/mol. The van der Waals surface area contributed by atoms with Crippen LogP contribution in [0.2, 0.25) is 0 Å². The van der Waals surface area contributed by atoms with E-state index in [1.54, 1.807) is 4.90 Å². The second-order valence-electron chi connectivity index (χ2n) is 7.02. The number of hydrogen-bond donors (Lipinski definition) is 2. The Labute approximate surface area is 162 Å². The van der Waals surface area contributed by atoms with E-state index in [0.717, 1.165) is 11.1 Å². The predicted octanol–water partition coefficient (Wildman–Crippen LogP) is 1.61. The molecule has 2 aromatic carbocycles. The van der Waals surface area contributed by atoms with E-state index in [4.69, 9.17) is 9.47 Å². The lowest BCUT2D eigenvalue weighted by atomic mass is 10.0. The SMILES string of the molecule is O=C(N[C@@H](CO)c1ccccc1)[C@H]1CC(=O)N(Cc2ccc3c(c2)OCO3)C1. The van der Waals surface area contributed by atoms with Gasteiger partial charge in [-0.25, -0.2) is 0 Å². The Morgan fingerprint density at radius 3 is 2.75 bits per heavy atom. The van der Waals surface area contributed by atoms with Crippen molar-refractivity contribution < 1.29 is 24.2 Å². The molecule has 2 N–H and O–H groups in total. The summed E-state index contributed by atoms with van der Waals surface area (Å²) in [5, 5.41) is 12.5. The second-order valence-corrected chi connectivity index (χ2v) is 7.02. The summed E-state index contributed by atoms with van der Waals surface area (Å²) in [5.74, 6) is 0.665. The summed E-state index contributed by atoms with van der Waals surface area (Å²) in [6, 6.07) is 14.4. The van der Waals surface area contributed by atoms with Gasteiger partial charge in [-0.15, -0.1) is 0 Å². The van der Waals surface area contributed by atoms with Gasteiger partial charge in [0.25, 0.3) is 0 Å². The number of aliphatic hydroxyl groups excluding tert-OH is 1. The number of hydrogen-bond acceptors (Lipinski definition) is 5. The Morgan fingerprint density at radius 1 is 1.18 bits per heavy atom. The van der Waals surface area contributed by atoms with Gasteiger partial charge in [0.2, 0.25) is 18.6 Å². The van der Waals surface area contributed by atoms with Crippen molar-refractivity contribution in [1.82, 2.24) is 10.2 Å². The molecule has 2 aromatic rings. The van der Waals surface area contributed by atoms with Gasteiger partial charge in [-0.3, -0.25) is 9.59 Å². The summed E-state index contributed by atoms with van der Waals surface area (Å²) in [5.41, 5.74) is 1.76. The fourth-order valence-corrected chi connectivity index (χ4v) is 3.57. The number of rotatable bonds is 6. The molecular formula is C21H22N2O5. The minimum atomic E-state index is -0.480. The van der Waals surface area contributed by atoms with Crippen molar-refractivity contribution in [3.63, 3.8) is 0 Å². The molecule has 0 spiro atoms. The van der Waals surface area contributed by atoms with Crippen molar-refractivity contribution in [3.05, 3.63) is 59.7 Å². The maximum absolute atomic E-state index is 12.6. The molecule has 4 rings (SSSR count). The number of benzene rings is 2. The normalized spacial score (nSPS) is 19.0. The van der Waals surface area contributed by atoms with E-state index in [1.165, 1.54) is 0 Å². The topological polar surface area (TPSA) is 88.1 Å². The molecule has 1 fully saturated rings. The van der Waals surface area contributed by atoms with Gasteiger partial charge < -0.3 is 24.8 Å². The number of nitrogens with one attached hydrogen (secondary N) is 1. The maximum atomic E-state index is 12.6. The van der Waals surface area contributed by atoms with Gasteiger partial charge in [0.1, 0.15) is 0 Å². The van der Waals surface area contributed by atoms with Gasteiger partial charge in [-0.2, -0.15) is 0 Å². The van der Waals surface area contributed by atoms with Crippen LogP contribution in [-0.2, 0) is 16.1 Å². The lowest BCUT2D eigenvalue weighted by Gasteiger charge is -2.20. The zero-order chi connectivity index (χ0) is 19.5. The van der Waals surface area contributed by atoms with Crippen molar-refractivity contribution in [2.45, 2.75) is 19.0 Å². The van der Waals surface area contributed by atoms with E-state index in [2.05, 4.69) is 5.32 Å². The fourth-order valence-electron chi connectivity index (χ4n) is 3.57. The van der Waals surface area contributed by atoms with Gasteiger partial charge in [0.15, 0.2) is 11.5 Å². The fraction of sp³-hybridized carbons (Fsp3) is 0.333. The zero-order valence-corrected chi connectivity index (χ0v) is 15.3. The third-order valence-corrected chi connectivity index (χ3v) is 5.10. The molecule has 2 atom stereocenters. The van der Waals surface area contributed by atoms with Crippen LogP contribution >= 0.6 is 0 Å². The Kier molecular flexibility index (Phi) is 5.16. The quantitative estimate of drug-likeness (QED) is 0.793. The van der Waals surface area contributed by atoms with Crippen molar-refractivity contribution in [3.8, 4) is 11.5 Å². The minimum Gasteiger partial charge on any atom is -0.454 e. The summed E-state index contributed by atoms with van der Waals surface area (Å²) >= 11 is 0. The molecule has 0 radical (unpaired) electrons. The first-order valence-electron chi connectivity index (χ1n) is 9.26. The molecule has 7 heteroatoms. The van der Waals surface area contributed by atoms with Crippen LogP contribution in [0, 0.1) is 5.92 Å². The van der Waals surface area contributed by atoms with Crippen LogP contribution in [0.5, 0.6) is 11.5 Å². The van der Waals surface area contributed by atoms with E-state index in [-0.39, 0.29) is 31.6 Å². The summed E-state index contributed by atoms with van der Waals surface area (Å²) in [4.78, 5) is 26.7. The highest BCUT2D eigenvalue weighted by Gasteiger charge is 2.35. The number of ether oxygens (including phenoxy) is 2. The average Bonchev–Trinajstić information content (AvgIpc) is 3.33. The molecule has 0 bridgehead atoms. The summed E-state index contributed by atoms with van der Waals surface area (Å²) < 4.78 is 10.7. The Morgan fingerprint density at radius 2 is 1.96 bits per heavy atom. The molecular weight excluding hydrogens is 360 g/mol. The molecule has 28 heavy (non-hydrogen) atoms. The van der Waals surface area contributed by atoms with Gasteiger partial charge >= 0.3 is 0 Å². The zero-order valence-electron chi connectivity index (χ0n) is 15.3. The largest absolute Gasteiger partial charge is 0.454 e. The molecule has 2 amide bonds. The second kappa shape index (κ2) is 7.90. The number of carbonyl (C=O) groups excluding carboxylic acids is 2. The number of fused-ring (bicyclic) bond motifs is 1. The van der Waals surface area contributed by atoms with Crippen molar-refractivity contribution >= 4 is 11.8 Å². The van der Waals surface area contributed by atoms with Gasteiger partial charge in [-0.05, 0) is 23.3 Å². The summed E-state index contributed by atoms with van der Waals surface area (Å²) in [7, 11) is 0. The smallest absolute Gasteiger partial charge is 0.231 e. The van der Waals surface area contributed by atoms with E-state index in [0.29, 0.717) is 24.6 Å². The molecule has 0 unspecified atom stereocenters. The summed E-state index contributed by atoms with van der Waals surface area (Å²) in [6.07, 6.45) is 0.170. The Hall–Kier alpha value is -3.06. The lowest BCUT2D eigenvalue weighted by molar-refractivity contribution is -0.129. The van der Waals surface area contributed by atoms with Crippen molar-refractivity contribution in [2.75, 3.05) is 19.9 Å². The monoisotopic (exact) mass is 382 g/mol. The molecule has 2 heterocycles. The molecule has 146 valence electrons. The minimum absolute atomic E-state index is 0.0573. The molecule has 1 saturated heterocycles. The van der Waals surface area contributed by atoms with E-state index in [1.807, 2.05) is 48.5 Å². The maximum Gasteiger partial charge on any atom is 0.231 e. The van der Waals surface area contributed by atoms with Crippen LogP contribution in [0.15, 0.2) is 48.5 Å². The molecule has 0 saturated carbocycles. The van der Waals surface area contributed by atoms with Gasteiger partial charge in [-0.1, -0.05) is 36.4 Å². The summed E-state index contributed by atoms with van der Waals surface area (Å²) in [6.45, 7) is 0.780. The number of amides is 2. The van der Waals surface area contributed by atoms with Gasteiger partial charge in [0, 0.05) is 19.5 Å². The highest BCUT2D eigenvalue weighted by atomic mass is 16.7. The highest BCUT2D eigenvalue weighted by Crippen LogP contribution is 2.33. The molecule has 2 aliphatic rings. The first-order chi connectivity index (χ1) is 13.6. The van der Waals surface area contributed by atoms with Crippen molar-refractivity contribution in [2.24, 2.45) is 5.92 Å². The highest BCUT2D eigenvalue weighted by molar-refractivity contribution is 5.89. The third kappa shape index (κ3) is 3.80. The van der Waals surface area contributed by atoms with Crippen LogP contribution < -0.4 is 14.8 Å². The molecule has 0 aromatic heterocycles. The third-order valence-electron chi connectivity index (χ3n) is 5.10. The van der Waals surface area contributed by atoms with E-state index >= 15 is 0 Å². The van der Waals surface area contributed by atoms with Crippen LogP contribution in [0.25, 0.3) is 0 Å². The molecule has 0 aliphatic carbocycles. The van der Waals surface area contributed by atoms with E-state index < -0.39 is 12.0 Å². The van der Waals surface area contributed by atoms with E-state index in [9.17, 15) is 14.7 Å². The first kappa shape index (κ1) is 18.3. The standard InChI is InChI=1S/C21H22N2O5/c24-12-17(15-4-2-1-3-5-15)22-21(26)16-9-20(25)23(11-16)10-14-6-7-18-19(8-14)28-13-27-18/h1-8,16-17,24H,9-13H2,(H,22,26)/t16-,17-/m0/s1. The van der Waals surface area contributed by atoms with Crippen LogP contribution in [0.1, 0.15) is 23.6 Å². The first-order valence-corrected chi connectivity index (χ1v) is 9.26. The number of nitrogens with zero attached hydrogens (tertiary/aromatic N) is 1. The Bertz CT molecular complexity index is 870. The molecule has 7 nitrogen and oxygen atoms in total. The molecule has 2 aliphatic heterocycles. The van der Waals surface area contributed by atoms with Crippen LogP contribution in [-0.4, -0.2) is 41.8 Å². The lowest BCUT2D eigenvalue weighted by Crippen LogP contribution is -2.36. The average molecular weight is 382 g/mol. The number of aliphatic hydroxyl groups is 1. The Balaban J connectivity index is 1.38. The number of likely N-dealkylation sites (tertiary alicyclic amines) is 1. The van der Waals surface area contributed by atoms with Gasteiger partial charge in [0.05, 0.1) is 18.6 Å². The van der Waals surface area contributed by atoms with Crippen LogP contribution in [0.4, 0.5) is 0 Å². The van der Waals surface area contributed by atoms with Crippen LogP contribution in [0.3, 0.4) is 0 Å². The number of carbonyl (C=O) groups is 2.